The summed E-state index contributed by atoms with van der Waals surface area (Å²) in [5, 5.41) is 9.01. The topological polar surface area (TPSA) is 20.2 Å². The van der Waals surface area contributed by atoms with Gasteiger partial charge in [0.2, 0.25) is 0 Å². The Morgan fingerprint density at radius 3 is 2.50 bits per heavy atom. The largest absolute Gasteiger partial charge is 0.396 e. The standard InChI is InChI=1S/C13H16O/c14-8-10-6-11(10)13-7-12(13)9-4-2-1-3-5-9/h1-5,10-14H,6-8H2/t10-,11-,12+,13-/m1/s1. The summed E-state index contributed by atoms with van der Waals surface area (Å²) in [7, 11) is 0. The van der Waals surface area contributed by atoms with Crippen LogP contribution in [0.2, 0.25) is 0 Å². The minimum absolute atomic E-state index is 0.405. The van der Waals surface area contributed by atoms with Gasteiger partial charge in [0.05, 0.1) is 0 Å². The third-order valence-corrected chi connectivity index (χ3v) is 3.83. The molecule has 0 radical (unpaired) electrons. The Labute approximate surface area is 84.8 Å². The molecule has 14 heavy (non-hydrogen) atoms. The van der Waals surface area contributed by atoms with Crippen LogP contribution in [0.4, 0.5) is 0 Å². The molecule has 1 N–H and O–H groups in total. The van der Waals surface area contributed by atoms with E-state index in [-0.39, 0.29) is 0 Å². The SMILES string of the molecule is OC[C@H]1C[C@H]1[C@H]1C[C@H]1c1ccccc1. The maximum atomic E-state index is 9.01. The highest BCUT2D eigenvalue weighted by molar-refractivity contribution is 5.27. The van der Waals surface area contributed by atoms with Crippen LogP contribution in [0.25, 0.3) is 0 Å². The van der Waals surface area contributed by atoms with Gasteiger partial charge in [0.25, 0.3) is 0 Å². The van der Waals surface area contributed by atoms with Crippen LogP contribution in [0, 0.1) is 17.8 Å². The first kappa shape index (κ1) is 8.49. The molecule has 1 heteroatoms. The number of aliphatic hydroxyl groups is 1. The van der Waals surface area contributed by atoms with Gasteiger partial charge in [-0.25, -0.2) is 0 Å². The van der Waals surface area contributed by atoms with Gasteiger partial charge in [0.15, 0.2) is 0 Å². The second kappa shape index (κ2) is 3.09. The van der Waals surface area contributed by atoms with Gasteiger partial charge in [-0.1, -0.05) is 30.3 Å². The summed E-state index contributed by atoms with van der Waals surface area (Å²) >= 11 is 0. The van der Waals surface area contributed by atoms with Crippen LogP contribution >= 0.6 is 0 Å². The van der Waals surface area contributed by atoms with Gasteiger partial charge < -0.3 is 5.11 Å². The Morgan fingerprint density at radius 1 is 1.07 bits per heavy atom. The Hall–Kier alpha value is -0.820. The second-order valence-corrected chi connectivity index (χ2v) is 4.76. The highest BCUT2D eigenvalue weighted by Crippen LogP contribution is 2.61. The third kappa shape index (κ3) is 1.36. The first-order chi connectivity index (χ1) is 6.90. The van der Waals surface area contributed by atoms with Crippen LogP contribution < -0.4 is 0 Å². The van der Waals surface area contributed by atoms with Crippen molar-refractivity contribution in [2.24, 2.45) is 17.8 Å². The van der Waals surface area contributed by atoms with Crippen LogP contribution in [-0.4, -0.2) is 11.7 Å². The summed E-state index contributed by atoms with van der Waals surface area (Å²) in [6, 6.07) is 10.8. The molecule has 2 aliphatic carbocycles. The van der Waals surface area contributed by atoms with Gasteiger partial charge in [0, 0.05) is 6.61 Å². The van der Waals surface area contributed by atoms with Crippen molar-refractivity contribution in [3.63, 3.8) is 0 Å². The monoisotopic (exact) mass is 188 g/mol. The van der Waals surface area contributed by atoms with Crippen LogP contribution in [0.15, 0.2) is 30.3 Å². The molecule has 2 fully saturated rings. The van der Waals surface area contributed by atoms with Crippen molar-refractivity contribution in [1.82, 2.24) is 0 Å². The molecule has 1 aromatic carbocycles. The molecule has 74 valence electrons. The summed E-state index contributed by atoms with van der Waals surface area (Å²) in [4.78, 5) is 0. The summed E-state index contributed by atoms with van der Waals surface area (Å²) in [5.41, 5.74) is 1.50. The fourth-order valence-electron chi connectivity index (χ4n) is 2.78. The van der Waals surface area contributed by atoms with Gasteiger partial charge in [-0.3, -0.25) is 0 Å². The van der Waals surface area contributed by atoms with E-state index >= 15 is 0 Å². The third-order valence-electron chi connectivity index (χ3n) is 3.83. The number of aliphatic hydroxyl groups excluding tert-OH is 1. The molecule has 0 aliphatic heterocycles. The van der Waals surface area contributed by atoms with E-state index in [4.69, 9.17) is 5.11 Å². The van der Waals surface area contributed by atoms with Gasteiger partial charge in [-0.2, -0.15) is 0 Å². The molecule has 0 heterocycles. The maximum absolute atomic E-state index is 9.01. The lowest BCUT2D eigenvalue weighted by Crippen LogP contribution is -1.92. The zero-order chi connectivity index (χ0) is 9.54. The fourth-order valence-corrected chi connectivity index (χ4v) is 2.78. The van der Waals surface area contributed by atoms with Crippen molar-refractivity contribution in [3.05, 3.63) is 35.9 Å². The van der Waals surface area contributed by atoms with E-state index in [9.17, 15) is 0 Å². The van der Waals surface area contributed by atoms with E-state index in [1.165, 1.54) is 18.4 Å². The van der Waals surface area contributed by atoms with E-state index < -0.39 is 0 Å². The van der Waals surface area contributed by atoms with Gasteiger partial charge >= 0.3 is 0 Å². The molecule has 0 saturated heterocycles. The van der Waals surface area contributed by atoms with Gasteiger partial charge in [-0.15, -0.1) is 0 Å². The lowest BCUT2D eigenvalue weighted by atomic mass is 10.1. The Balaban J connectivity index is 1.64. The zero-order valence-corrected chi connectivity index (χ0v) is 8.26. The van der Waals surface area contributed by atoms with E-state index in [1.807, 2.05) is 0 Å². The quantitative estimate of drug-likeness (QED) is 0.772. The minimum atomic E-state index is 0.405. The summed E-state index contributed by atoms with van der Waals surface area (Å²) in [6.07, 6.45) is 2.62. The van der Waals surface area contributed by atoms with Crippen molar-refractivity contribution < 1.29 is 5.11 Å². The van der Waals surface area contributed by atoms with Crippen molar-refractivity contribution in [1.29, 1.82) is 0 Å². The lowest BCUT2D eigenvalue weighted by Gasteiger charge is -1.98. The average Bonchev–Trinajstić information content (AvgIpc) is 3.12. The van der Waals surface area contributed by atoms with E-state index in [2.05, 4.69) is 30.3 Å². The molecule has 1 aromatic rings. The average molecular weight is 188 g/mol. The van der Waals surface area contributed by atoms with E-state index in [0.29, 0.717) is 12.5 Å². The summed E-state index contributed by atoms with van der Waals surface area (Å²) in [6.45, 7) is 0.405. The van der Waals surface area contributed by atoms with Crippen LogP contribution in [0.3, 0.4) is 0 Å². The predicted octanol–water partition coefficient (Wildman–Crippen LogP) is 2.42. The highest BCUT2D eigenvalue weighted by atomic mass is 16.3. The van der Waals surface area contributed by atoms with Gasteiger partial charge in [-0.05, 0) is 42.1 Å². The van der Waals surface area contributed by atoms with Crippen LogP contribution in [0.5, 0.6) is 0 Å². The molecule has 2 saturated carbocycles. The normalized spacial score (nSPS) is 39.5. The summed E-state index contributed by atoms with van der Waals surface area (Å²) in [5.74, 6) is 3.16. The van der Waals surface area contributed by atoms with Crippen molar-refractivity contribution in [2.45, 2.75) is 18.8 Å². The Morgan fingerprint density at radius 2 is 1.86 bits per heavy atom. The molecular formula is C13H16O. The smallest absolute Gasteiger partial charge is 0.0462 e. The number of hydrogen-bond donors (Lipinski definition) is 1. The molecule has 0 unspecified atom stereocenters. The number of rotatable bonds is 3. The molecule has 0 amide bonds. The predicted molar refractivity (Wildman–Crippen MR) is 56.0 cm³/mol. The Kier molecular flexibility index (Phi) is 1.88. The van der Waals surface area contributed by atoms with Crippen LogP contribution in [-0.2, 0) is 0 Å². The van der Waals surface area contributed by atoms with Crippen molar-refractivity contribution in [2.75, 3.05) is 6.61 Å². The van der Waals surface area contributed by atoms with Crippen molar-refractivity contribution >= 4 is 0 Å². The molecule has 0 aromatic heterocycles. The first-order valence-electron chi connectivity index (χ1n) is 5.56. The van der Waals surface area contributed by atoms with E-state index in [0.717, 1.165) is 17.8 Å². The molecule has 3 rings (SSSR count). The number of hydrogen-bond acceptors (Lipinski definition) is 1. The molecule has 2 aliphatic rings. The maximum Gasteiger partial charge on any atom is 0.0462 e. The second-order valence-electron chi connectivity index (χ2n) is 4.76. The zero-order valence-electron chi connectivity index (χ0n) is 8.26. The molecule has 1 nitrogen and oxygen atoms in total. The fraction of sp³-hybridized carbons (Fsp3) is 0.538. The lowest BCUT2D eigenvalue weighted by molar-refractivity contribution is 0.266. The first-order valence-corrected chi connectivity index (χ1v) is 5.56. The molecule has 4 atom stereocenters. The highest BCUT2D eigenvalue weighted by Gasteiger charge is 2.53. The minimum Gasteiger partial charge on any atom is -0.396 e. The molecule has 0 spiro atoms. The molecular weight excluding hydrogens is 172 g/mol. The number of benzene rings is 1. The van der Waals surface area contributed by atoms with Crippen LogP contribution in [0.1, 0.15) is 24.3 Å². The Bertz CT molecular complexity index is 319. The molecule has 0 bridgehead atoms. The van der Waals surface area contributed by atoms with Gasteiger partial charge in [0.1, 0.15) is 0 Å². The van der Waals surface area contributed by atoms with Crippen molar-refractivity contribution in [3.8, 4) is 0 Å². The summed E-state index contributed by atoms with van der Waals surface area (Å²) < 4.78 is 0. The van der Waals surface area contributed by atoms with E-state index in [1.54, 1.807) is 0 Å².